The van der Waals surface area contributed by atoms with Crippen molar-refractivity contribution in [3.8, 4) is 0 Å². The molecule has 7 heteroatoms. The summed E-state index contributed by atoms with van der Waals surface area (Å²) in [4.78, 5) is 14.4. The van der Waals surface area contributed by atoms with Gasteiger partial charge in [0.25, 0.3) is 5.69 Å². The van der Waals surface area contributed by atoms with Crippen LogP contribution in [0.3, 0.4) is 0 Å². The third kappa shape index (κ3) is 3.42. The molecule has 0 saturated carbocycles. The highest BCUT2D eigenvalue weighted by Crippen LogP contribution is 2.26. The highest BCUT2D eigenvalue weighted by atomic mass is 79.9. The van der Waals surface area contributed by atoms with E-state index in [1.165, 1.54) is 6.07 Å². The van der Waals surface area contributed by atoms with E-state index in [0.717, 1.165) is 5.56 Å². The number of benzene rings is 1. The topological polar surface area (TPSA) is 68.1 Å². The number of aromatic nitrogens is 1. The summed E-state index contributed by atoms with van der Waals surface area (Å²) in [5.74, 6) is 0. The molecule has 5 nitrogen and oxygen atoms in total. The van der Waals surface area contributed by atoms with Crippen molar-refractivity contribution in [2.24, 2.45) is 0 Å². The molecule has 0 bridgehead atoms. The summed E-state index contributed by atoms with van der Waals surface area (Å²) >= 11 is 9.12. The van der Waals surface area contributed by atoms with Gasteiger partial charge < -0.3 is 5.32 Å². The van der Waals surface area contributed by atoms with Gasteiger partial charge in [0, 0.05) is 18.8 Å². The first-order chi connectivity index (χ1) is 9.08. The smallest absolute Gasteiger partial charge is 0.283 e. The van der Waals surface area contributed by atoms with Crippen LogP contribution >= 0.6 is 27.5 Å². The lowest BCUT2D eigenvalue weighted by atomic mass is 10.2. The fourth-order valence-corrected chi connectivity index (χ4v) is 2.08. The van der Waals surface area contributed by atoms with E-state index in [0.29, 0.717) is 21.7 Å². The van der Waals surface area contributed by atoms with Crippen molar-refractivity contribution >= 4 is 38.9 Å². The molecule has 0 aliphatic rings. The first-order valence-electron chi connectivity index (χ1n) is 5.34. The van der Waals surface area contributed by atoms with Crippen molar-refractivity contribution in [1.82, 2.24) is 4.98 Å². The van der Waals surface area contributed by atoms with Crippen LogP contribution in [0.25, 0.3) is 0 Å². The first-order valence-corrected chi connectivity index (χ1v) is 6.51. The number of pyridine rings is 1. The SMILES string of the molecule is O=[N+]([O-])c1cc(CNc2cnccc2Cl)ccc1Br. The Labute approximate surface area is 122 Å². The molecule has 2 rings (SSSR count). The molecular formula is C12H9BrClN3O2. The van der Waals surface area contributed by atoms with Crippen molar-refractivity contribution < 1.29 is 4.92 Å². The number of halogens is 2. The number of nitrogens with zero attached hydrogens (tertiary/aromatic N) is 2. The van der Waals surface area contributed by atoms with Gasteiger partial charge in [0.1, 0.15) is 0 Å². The predicted molar refractivity (Wildman–Crippen MR) is 77.4 cm³/mol. The summed E-state index contributed by atoms with van der Waals surface area (Å²) in [6, 6.07) is 6.64. The summed E-state index contributed by atoms with van der Waals surface area (Å²) < 4.78 is 0.459. The standard InChI is InChI=1S/C12H9BrClN3O2/c13-9-2-1-8(5-12(9)17(18)19)6-16-11-7-15-4-3-10(11)14/h1-5,7,16H,6H2. The molecule has 0 amide bonds. The lowest BCUT2D eigenvalue weighted by Gasteiger charge is -2.08. The van der Waals surface area contributed by atoms with E-state index in [1.807, 2.05) is 0 Å². The fourth-order valence-electron chi connectivity index (χ4n) is 1.51. The molecule has 19 heavy (non-hydrogen) atoms. The third-order valence-corrected chi connectivity index (χ3v) is 3.46. The zero-order valence-electron chi connectivity index (χ0n) is 9.64. The molecule has 0 radical (unpaired) electrons. The molecule has 1 aromatic heterocycles. The number of hydrogen-bond donors (Lipinski definition) is 1. The molecule has 98 valence electrons. The van der Waals surface area contributed by atoms with Gasteiger partial charge >= 0.3 is 0 Å². The zero-order valence-corrected chi connectivity index (χ0v) is 12.0. The molecule has 0 atom stereocenters. The summed E-state index contributed by atoms with van der Waals surface area (Å²) in [6.45, 7) is 0.430. The summed E-state index contributed by atoms with van der Waals surface area (Å²) in [5, 5.41) is 14.5. The van der Waals surface area contributed by atoms with E-state index < -0.39 is 4.92 Å². The lowest BCUT2D eigenvalue weighted by Crippen LogP contribution is -2.01. The Morgan fingerprint density at radius 3 is 2.89 bits per heavy atom. The highest BCUT2D eigenvalue weighted by molar-refractivity contribution is 9.10. The number of hydrogen-bond acceptors (Lipinski definition) is 4. The minimum Gasteiger partial charge on any atom is -0.379 e. The van der Waals surface area contributed by atoms with Gasteiger partial charge in [-0.3, -0.25) is 15.1 Å². The van der Waals surface area contributed by atoms with Gasteiger partial charge in [-0.1, -0.05) is 17.7 Å². The van der Waals surface area contributed by atoms with Gasteiger partial charge in [-0.2, -0.15) is 0 Å². The van der Waals surface area contributed by atoms with Gasteiger partial charge in [-0.05, 0) is 33.6 Å². The zero-order chi connectivity index (χ0) is 13.8. The maximum absolute atomic E-state index is 10.8. The van der Waals surface area contributed by atoms with Gasteiger partial charge in [0.2, 0.25) is 0 Å². The molecule has 1 N–H and O–H groups in total. The quantitative estimate of drug-likeness (QED) is 0.673. The van der Waals surface area contributed by atoms with Crippen LogP contribution in [0.1, 0.15) is 5.56 Å². The largest absolute Gasteiger partial charge is 0.379 e. The predicted octanol–water partition coefficient (Wildman–Crippen LogP) is 4.02. The minimum absolute atomic E-state index is 0.0385. The Hall–Kier alpha value is -1.66. The molecule has 1 aromatic carbocycles. The van der Waals surface area contributed by atoms with Gasteiger partial charge in [-0.15, -0.1) is 0 Å². The number of nitrogens with one attached hydrogen (secondary N) is 1. The Morgan fingerprint density at radius 1 is 1.42 bits per heavy atom. The van der Waals surface area contributed by atoms with Crippen LogP contribution in [0, 0.1) is 10.1 Å². The minimum atomic E-state index is -0.426. The monoisotopic (exact) mass is 341 g/mol. The Bertz CT molecular complexity index is 622. The van der Waals surface area contributed by atoms with E-state index in [2.05, 4.69) is 26.2 Å². The maximum atomic E-state index is 10.8. The first kappa shape index (κ1) is 13.8. The van der Waals surface area contributed by atoms with Crippen LogP contribution < -0.4 is 5.32 Å². The van der Waals surface area contributed by atoms with Crippen molar-refractivity contribution in [3.63, 3.8) is 0 Å². The normalized spacial score (nSPS) is 10.2. The molecular weight excluding hydrogens is 334 g/mol. The van der Waals surface area contributed by atoms with Crippen molar-refractivity contribution in [1.29, 1.82) is 0 Å². The molecule has 0 fully saturated rings. The van der Waals surface area contributed by atoms with Crippen molar-refractivity contribution in [3.05, 3.63) is 61.8 Å². The van der Waals surface area contributed by atoms with E-state index in [1.54, 1.807) is 30.6 Å². The molecule has 0 unspecified atom stereocenters. The van der Waals surface area contributed by atoms with Gasteiger partial charge in [0.15, 0.2) is 0 Å². The Kier molecular flexibility index (Phi) is 4.34. The Morgan fingerprint density at radius 2 is 2.21 bits per heavy atom. The summed E-state index contributed by atoms with van der Waals surface area (Å²) in [7, 11) is 0. The van der Waals surface area contributed by atoms with Crippen LogP contribution in [0.4, 0.5) is 11.4 Å². The van der Waals surface area contributed by atoms with Gasteiger partial charge in [0.05, 0.1) is 26.3 Å². The number of nitro groups is 1. The average Bonchev–Trinajstić information content (AvgIpc) is 2.39. The van der Waals surface area contributed by atoms with Gasteiger partial charge in [-0.25, -0.2) is 0 Å². The highest BCUT2D eigenvalue weighted by Gasteiger charge is 2.12. The number of rotatable bonds is 4. The summed E-state index contributed by atoms with van der Waals surface area (Å²) in [5.41, 5.74) is 1.51. The number of anilines is 1. The fraction of sp³-hybridized carbons (Fsp3) is 0.0833. The maximum Gasteiger partial charge on any atom is 0.283 e. The van der Waals surface area contributed by atoms with Crippen LogP contribution in [0.15, 0.2) is 41.1 Å². The molecule has 1 heterocycles. The lowest BCUT2D eigenvalue weighted by molar-refractivity contribution is -0.385. The van der Waals surface area contributed by atoms with Crippen LogP contribution in [-0.4, -0.2) is 9.91 Å². The van der Waals surface area contributed by atoms with Crippen LogP contribution in [-0.2, 0) is 6.54 Å². The molecule has 0 spiro atoms. The third-order valence-electron chi connectivity index (χ3n) is 2.46. The molecule has 2 aromatic rings. The Balaban J connectivity index is 2.14. The van der Waals surface area contributed by atoms with E-state index in [9.17, 15) is 10.1 Å². The van der Waals surface area contributed by atoms with E-state index in [-0.39, 0.29) is 5.69 Å². The van der Waals surface area contributed by atoms with E-state index >= 15 is 0 Å². The summed E-state index contributed by atoms with van der Waals surface area (Å²) in [6.07, 6.45) is 3.20. The molecule has 0 aliphatic carbocycles. The van der Waals surface area contributed by atoms with Crippen LogP contribution in [0.5, 0.6) is 0 Å². The second kappa shape index (κ2) is 5.99. The average molecular weight is 343 g/mol. The van der Waals surface area contributed by atoms with Crippen molar-refractivity contribution in [2.45, 2.75) is 6.54 Å². The van der Waals surface area contributed by atoms with E-state index in [4.69, 9.17) is 11.6 Å². The second-order valence-corrected chi connectivity index (χ2v) is 5.01. The second-order valence-electron chi connectivity index (χ2n) is 3.75. The number of nitro benzene ring substituents is 1. The molecule has 0 aliphatic heterocycles. The molecule has 0 saturated heterocycles. The van der Waals surface area contributed by atoms with Crippen LogP contribution in [0.2, 0.25) is 5.02 Å². The van der Waals surface area contributed by atoms with Crippen molar-refractivity contribution in [2.75, 3.05) is 5.32 Å².